The number of aliphatic carboxylic acids is 1. The summed E-state index contributed by atoms with van der Waals surface area (Å²) < 4.78 is 28.7. The molecule has 5 N–H and O–H groups in total. The molecule has 0 atom stereocenters. The van der Waals surface area contributed by atoms with Gasteiger partial charge in [-0.1, -0.05) is 0 Å². The largest absolute Gasteiger partial charge is 0.481 e. The van der Waals surface area contributed by atoms with Gasteiger partial charge in [-0.3, -0.25) is 9.36 Å². The van der Waals surface area contributed by atoms with E-state index in [2.05, 4.69) is 10.3 Å². The molecule has 0 unspecified atom stereocenters. The van der Waals surface area contributed by atoms with Crippen molar-refractivity contribution < 1.29 is 18.7 Å². The summed E-state index contributed by atoms with van der Waals surface area (Å²) in [6.45, 7) is 0. The van der Waals surface area contributed by atoms with Crippen LogP contribution in [0.4, 0.5) is 26.2 Å². The quantitative estimate of drug-likeness (QED) is 0.608. The summed E-state index contributed by atoms with van der Waals surface area (Å²) in [5, 5.41) is 19.4. The zero-order chi connectivity index (χ0) is 18.8. The predicted octanol–water partition coefficient (Wildman–Crippen LogP) is 3.30. The fourth-order valence-electron chi connectivity index (χ4n) is 3.32. The van der Waals surface area contributed by atoms with Crippen LogP contribution in [0.2, 0.25) is 0 Å². The molecular formula is C17H19F2N5O2. The van der Waals surface area contributed by atoms with E-state index in [0.717, 1.165) is 18.3 Å². The first-order chi connectivity index (χ1) is 12.4. The highest BCUT2D eigenvalue weighted by Crippen LogP contribution is 2.37. The van der Waals surface area contributed by atoms with Gasteiger partial charge in [-0.2, -0.15) is 0 Å². The molecule has 1 fully saturated rings. The van der Waals surface area contributed by atoms with Crippen LogP contribution in [0, 0.1) is 23.0 Å². The van der Waals surface area contributed by atoms with Gasteiger partial charge in [0, 0.05) is 18.3 Å². The van der Waals surface area contributed by atoms with Crippen LogP contribution >= 0.6 is 0 Å². The van der Waals surface area contributed by atoms with Crippen molar-refractivity contribution in [2.45, 2.75) is 31.7 Å². The molecule has 1 aromatic carbocycles. The summed E-state index contributed by atoms with van der Waals surface area (Å²) in [5.74, 6) is -2.17. The van der Waals surface area contributed by atoms with Crippen LogP contribution in [-0.4, -0.2) is 26.8 Å². The summed E-state index contributed by atoms with van der Waals surface area (Å²) in [7, 11) is 0. The van der Waals surface area contributed by atoms with Crippen LogP contribution in [0.25, 0.3) is 0 Å². The Morgan fingerprint density at radius 3 is 2.62 bits per heavy atom. The molecule has 3 rings (SSSR count). The minimum absolute atomic E-state index is 0.0356. The molecule has 1 aliphatic carbocycles. The lowest BCUT2D eigenvalue weighted by molar-refractivity contribution is -0.143. The number of hydrogen-bond acceptors (Lipinski definition) is 5. The van der Waals surface area contributed by atoms with Gasteiger partial charge >= 0.3 is 5.97 Å². The molecule has 1 aliphatic rings. The lowest BCUT2D eigenvalue weighted by Crippen LogP contribution is -2.24. The number of carboxylic acids is 1. The van der Waals surface area contributed by atoms with Gasteiger partial charge in [0.15, 0.2) is 0 Å². The molecule has 7 nitrogen and oxygen atoms in total. The molecule has 0 radical (unpaired) electrons. The molecular weight excluding hydrogens is 344 g/mol. The maximum Gasteiger partial charge on any atom is 0.306 e. The molecule has 9 heteroatoms. The summed E-state index contributed by atoms with van der Waals surface area (Å²) in [6, 6.07) is 3.02. The van der Waals surface area contributed by atoms with E-state index in [9.17, 15) is 13.6 Å². The zero-order valence-electron chi connectivity index (χ0n) is 13.9. The highest BCUT2D eigenvalue weighted by atomic mass is 19.1. The van der Waals surface area contributed by atoms with Gasteiger partial charge < -0.3 is 21.6 Å². The second-order valence-electron chi connectivity index (χ2n) is 6.31. The van der Waals surface area contributed by atoms with E-state index in [4.69, 9.17) is 16.2 Å². The topological polar surface area (TPSA) is 117 Å². The number of carbonyl (C=O) groups is 1. The first-order valence-corrected chi connectivity index (χ1v) is 8.23. The van der Waals surface area contributed by atoms with Crippen LogP contribution < -0.4 is 11.1 Å². The maximum atomic E-state index is 14.0. The van der Waals surface area contributed by atoms with Crippen molar-refractivity contribution in [2.75, 3.05) is 11.1 Å². The first-order valence-electron chi connectivity index (χ1n) is 8.23. The second-order valence-corrected chi connectivity index (χ2v) is 6.31. The summed E-state index contributed by atoms with van der Waals surface area (Å²) >= 11 is 0. The van der Waals surface area contributed by atoms with Crippen molar-refractivity contribution >= 4 is 29.6 Å². The number of nitrogens with one attached hydrogen (secondary N) is 2. The van der Waals surface area contributed by atoms with Crippen LogP contribution in [0.3, 0.4) is 0 Å². The SMILES string of the molecule is N=Cc1nc(Nc2ccc(F)cc2F)n(C2CCC(C(=O)O)CC2)c1N. The predicted molar refractivity (Wildman–Crippen MR) is 92.8 cm³/mol. The lowest BCUT2D eigenvalue weighted by Gasteiger charge is -2.29. The lowest BCUT2D eigenvalue weighted by atomic mass is 9.86. The fraction of sp³-hybridized carbons (Fsp3) is 0.353. The van der Waals surface area contributed by atoms with E-state index < -0.39 is 17.6 Å². The normalized spacial score (nSPS) is 19.9. The monoisotopic (exact) mass is 363 g/mol. The van der Waals surface area contributed by atoms with Crippen molar-refractivity contribution in [1.29, 1.82) is 5.41 Å². The smallest absolute Gasteiger partial charge is 0.306 e. The van der Waals surface area contributed by atoms with E-state index >= 15 is 0 Å². The van der Waals surface area contributed by atoms with Crippen LogP contribution in [-0.2, 0) is 4.79 Å². The van der Waals surface area contributed by atoms with E-state index in [1.165, 1.54) is 6.07 Å². The molecule has 0 aliphatic heterocycles. The number of aromatic nitrogens is 2. The number of halogens is 2. The Balaban J connectivity index is 1.91. The highest BCUT2D eigenvalue weighted by molar-refractivity contribution is 5.83. The van der Waals surface area contributed by atoms with Crippen LogP contribution in [0.5, 0.6) is 0 Å². The average Bonchev–Trinajstić information content (AvgIpc) is 2.93. The Kier molecular flexibility index (Phi) is 4.88. The van der Waals surface area contributed by atoms with Gasteiger partial charge in [0.05, 0.1) is 11.6 Å². The number of hydrogen-bond donors (Lipinski definition) is 4. The van der Waals surface area contributed by atoms with Gasteiger partial charge in [0.2, 0.25) is 5.95 Å². The van der Waals surface area contributed by atoms with Crippen LogP contribution in [0.1, 0.15) is 37.4 Å². The number of nitrogens with zero attached hydrogens (tertiary/aromatic N) is 2. The number of nitrogens with two attached hydrogens (primary N) is 1. The third-order valence-electron chi connectivity index (χ3n) is 4.70. The Hall–Kier alpha value is -2.97. The number of benzene rings is 1. The minimum atomic E-state index is -0.811. The van der Waals surface area contributed by atoms with Crippen molar-refractivity contribution in [1.82, 2.24) is 9.55 Å². The third-order valence-corrected chi connectivity index (χ3v) is 4.70. The number of imidazole rings is 1. The molecule has 2 aromatic rings. The molecule has 1 heterocycles. The van der Waals surface area contributed by atoms with Gasteiger partial charge in [-0.25, -0.2) is 13.8 Å². The summed E-state index contributed by atoms with van der Waals surface area (Å²) in [6.07, 6.45) is 3.16. The molecule has 0 saturated heterocycles. The first kappa shape index (κ1) is 17.8. The summed E-state index contributed by atoms with van der Waals surface area (Å²) in [5.41, 5.74) is 6.36. The van der Waals surface area contributed by atoms with E-state index in [-0.39, 0.29) is 35.1 Å². The second kappa shape index (κ2) is 7.11. The molecule has 1 aromatic heterocycles. The zero-order valence-corrected chi connectivity index (χ0v) is 13.9. The van der Waals surface area contributed by atoms with Crippen molar-refractivity contribution in [2.24, 2.45) is 5.92 Å². The Morgan fingerprint density at radius 1 is 1.35 bits per heavy atom. The number of nitrogen functional groups attached to an aromatic ring is 1. The third kappa shape index (κ3) is 3.37. The standard InChI is InChI=1S/C17H19F2N5O2/c18-10-3-6-13(12(19)7-10)22-17-23-14(8-20)15(21)24(17)11-4-1-9(2-5-11)16(25)26/h3,6-9,11,20H,1-2,4-5,21H2,(H,22,23)(H,25,26). The average molecular weight is 363 g/mol. The molecule has 138 valence electrons. The Morgan fingerprint density at radius 2 is 2.04 bits per heavy atom. The molecule has 0 spiro atoms. The number of carboxylic acid groups (broad SMARTS) is 1. The molecule has 0 bridgehead atoms. The van der Waals surface area contributed by atoms with Gasteiger partial charge in [-0.05, 0) is 37.8 Å². The Labute approximate surface area is 148 Å². The maximum absolute atomic E-state index is 14.0. The van der Waals surface area contributed by atoms with E-state index in [1.807, 2.05) is 0 Å². The van der Waals surface area contributed by atoms with E-state index in [0.29, 0.717) is 25.7 Å². The van der Waals surface area contributed by atoms with Crippen molar-refractivity contribution in [3.8, 4) is 0 Å². The summed E-state index contributed by atoms with van der Waals surface area (Å²) in [4.78, 5) is 15.4. The highest BCUT2D eigenvalue weighted by Gasteiger charge is 2.30. The van der Waals surface area contributed by atoms with Crippen molar-refractivity contribution in [3.63, 3.8) is 0 Å². The molecule has 0 amide bonds. The molecule has 26 heavy (non-hydrogen) atoms. The fourth-order valence-corrected chi connectivity index (χ4v) is 3.32. The number of rotatable bonds is 5. The van der Waals surface area contributed by atoms with Gasteiger partial charge in [0.1, 0.15) is 23.1 Å². The van der Waals surface area contributed by atoms with Crippen LogP contribution in [0.15, 0.2) is 18.2 Å². The van der Waals surface area contributed by atoms with Gasteiger partial charge in [-0.15, -0.1) is 0 Å². The van der Waals surface area contributed by atoms with Crippen molar-refractivity contribution in [3.05, 3.63) is 35.5 Å². The van der Waals surface area contributed by atoms with Gasteiger partial charge in [0.25, 0.3) is 0 Å². The van der Waals surface area contributed by atoms with E-state index in [1.54, 1.807) is 4.57 Å². The Bertz CT molecular complexity index is 844. The molecule has 1 saturated carbocycles. The number of anilines is 3. The minimum Gasteiger partial charge on any atom is -0.481 e.